The van der Waals surface area contributed by atoms with Gasteiger partial charge in [0.1, 0.15) is 17.6 Å². The lowest BCUT2D eigenvalue weighted by molar-refractivity contribution is 0.383. The molecular formula is C14H18N2O2. The van der Waals surface area contributed by atoms with Gasteiger partial charge in [0.15, 0.2) is 0 Å². The van der Waals surface area contributed by atoms with Crippen LogP contribution in [-0.4, -0.2) is 27.3 Å². The summed E-state index contributed by atoms with van der Waals surface area (Å²) in [5.41, 5.74) is 1.64. The lowest BCUT2D eigenvalue weighted by Crippen LogP contribution is -2.28. The van der Waals surface area contributed by atoms with Gasteiger partial charge in [0.05, 0.1) is 19.8 Å². The molecule has 1 heterocycles. The monoisotopic (exact) mass is 246 g/mol. The molecule has 0 radical (unpaired) electrons. The van der Waals surface area contributed by atoms with Crippen molar-refractivity contribution < 1.29 is 9.47 Å². The van der Waals surface area contributed by atoms with E-state index in [1.54, 1.807) is 20.3 Å². The van der Waals surface area contributed by atoms with Gasteiger partial charge in [-0.1, -0.05) is 0 Å². The number of hydrogen-bond donors (Lipinski definition) is 1. The second kappa shape index (κ2) is 5.74. The highest BCUT2D eigenvalue weighted by atomic mass is 16.5. The van der Waals surface area contributed by atoms with Crippen molar-refractivity contribution in [1.82, 2.24) is 5.32 Å². The molecule has 0 spiro atoms. The van der Waals surface area contributed by atoms with Gasteiger partial charge in [-0.2, -0.15) is 5.26 Å². The Morgan fingerprint density at radius 1 is 1.28 bits per heavy atom. The van der Waals surface area contributed by atoms with E-state index in [-0.39, 0.29) is 0 Å². The van der Waals surface area contributed by atoms with Crippen molar-refractivity contribution in [2.24, 2.45) is 0 Å². The van der Waals surface area contributed by atoms with Crippen molar-refractivity contribution in [1.29, 1.82) is 5.26 Å². The van der Waals surface area contributed by atoms with Crippen LogP contribution in [0.3, 0.4) is 0 Å². The van der Waals surface area contributed by atoms with Crippen molar-refractivity contribution >= 4 is 0 Å². The molecule has 0 aromatic heterocycles. The van der Waals surface area contributed by atoms with Gasteiger partial charge in [-0.15, -0.1) is 0 Å². The van der Waals surface area contributed by atoms with Crippen molar-refractivity contribution in [2.45, 2.75) is 18.8 Å². The summed E-state index contributed by atoms with van der Waals surface area (Å²) in [6.45, 7) is 2.03. The Hall–Kier alpha value is -1.73. The minimum atomic E-state index is 0.426. The minimum absolute atomic E-state index is 0.426. The van der Waals surface area contributed by atoms with Gasteiger partial charge in [0.2, 0.25) is 0 Å². The molecule has 4 nitrogen and oxygen atoms in total. The number of methoxy groups -OCH3 is 2. The van der Waals surface area contributed by atoms with Gasteiger partial charge in [0, 0.05) is 24.1 Å². The molecule has 1 fully saturated rings. The van der Waals surface area contributed by atoms with Gasteiger partial charge in [-0.25, -0.2) is 0 Å². The highest BCUT2D eigenvalue weighted by Gasteiger charge is 2.21. The number of nitriles is 1. The maximum atomic E-state index is 9.07. The average Bonchev–Trinajstić information content (AvgIpc) is 2.46. The van der Waals surface area contributed by atoms with Crippen LogP contribution in [-0.2, 0) is 0 Å². The van der Waals surface area contributed by atoms with Gasteiger partial charge in [-0.05, 0) is 25.5 Å². The summed E-state index contributed by atoms with van der Waals surface area (Å²) >= 11 is 0. The minimum Gasteiger partial charge on any atom is -0.496 e. The first-order valence-electron chi connectivity index (χ1n) is 6.17. The molecule has 1 aliphatic heterocycles. The summed E-state index contributed by atoms with van der Waals surface area (Å²) in [4.78, 5) is 0. The fraction of sp³-hybridized carbons (Fsp3) is 0.500. The van der Waals surface area contributed by atoms with E-state index in [1.807, 2.05) is 6.07 Å². The second-order valence-corrected chi connectivity index (χ2v) is 4.45. The quantitative estimate of drug-likeness (QED) is 0.886. The maximum Gasteiger partial charge on any atom is 0.137 e. The largest absolute Gasteiger partial charge is 0.496 e. The first-order valence-corrected chi connectivity index (χ1v) is 6.17. The fourth-order valence-electron chi connectivity index (χ4n) is 2.45. The summed E-state index contributed by atoms with van der Waals surface area (Å²) < 4.78 is 10.7. The summed E-state index contributed by atoms with van der Waals surface area (Å²) in [6, 6.07) is 5.84. The third kappa shape index (κ3) is 2.41. The molecule has 1 aliphatic rings. The van der Waals surface area contributed by atoms with Crippen molar-refractivity contribution in [3.63, 3.8) is 0 Å². The van der Waals surface area contributed by atoms with E-state index in [0.29, 0.717) is 17.2 Å². The molecule has 1 atom stereocenters. The van der Waals surface area contributed by atoms with Crippen LogP contribution in [0.1, 0.15) is 29.9 Å². The standard InChI is InChI=1S/C14H18N2O2/c1-17-13-7-12(10-4-3-5-16-9-10)14(18-2)6-11(13)8-15/h6-7,10,16H,3-5,9H2,1-2H3/t10-/m0/s1. The van der Waals surface area contributed by atoms with Crippen LogP contribution in [0, 0.1) is 11.3 Å². The molecule has 4 heteroatoms. The summed E-state index contributed by atoms with van der Waals surface area (Å²) in [7, 11) is 3.23. The Bertz CT molecular complexity index is 460. The first kappa shape index (κ1) is 12.7. The van der Waals surface area contributed by atoms with E-state index >= 15 is 0 Å². The van der Waals surface area contributed by atoms with Gasteiger partial charge >= 0.3 is 0 Å². The van der Waals surface area contributed by atoms with E-state index in [2.05, 4.69) is 11.4 Å². The molecule has 1 N–H and O–H groups in total. The predicted molar refractivity (Wildman–Crippen MR) is 69.1 cm³/mol. The van der Waals surface area contributed by atoms with Crippen LogP contribution < -0.4 is 14.8 Å². The smallest absolute Gasteiger partial charge is 0.137 e. The average molecular weight is 246 g/mol. The molecule has 0 unspecified atom stereocenters. The van der Waals surface area contributed by atoms with Crippen molar-refractivity contribution in [2.75, 3.05) is 27.3 Å². The Balaban J connectivity index is 2.41. The molecule has 1 aromatic rings. The van der Waals surface area contributed by atoms with Crippen molar-refractivity contribution in [3.05, 3.63) is 23.3 Å². The number of piperidine rings is 1. The van der Waals surface area contributed by atoms with Crippen LogP contribution in [0.25, 0.3) is 0 Å². The Morgan fingerprint density at radius 3 is 2.61 bits per heavy atom. The topological polar surface area (TPSA) is 54.3 Å². The molecule has 0 bridgehead atoms. The summed E-state index contributed by atoms with van der Waals surface area (Å²) in [6.07, 6.45) is 2.30. The van der Waals surface area contributed by atoms with Crippen LogP contribution in [0.4, 0.5) is 0 Å². The zero-order chi connectivity index (χ0) is 13.0. The van der Waals surface area contributed by atoms with E-state index in [9.17, 15) is 0 Å². The normalized spacial score (nSPS) is 19.1. The van der Waals surface area contributed by atoms with Crippen LogP contribution in [0.5, 0.6) is 11.5 Å². The van der Waals surface area contributed by atoms with E-state index in [4.69, 9.17) is 14.7 Å². The molecule has 18 heavy (non-hydrogen) atoms. The van der Waals surface area contributed by atoms with E-state index < -0.39 is 0 Å². The lowest BCUT2D eigenvalue weighted by atomic mass is 9.90. The number of hydrogen-bond acceptors (Lipinski definition) is 4. The number of rotatable bonds is 3. The highest BCUT2D eigenvalue weighted by Crippen LogP contribution is 2.36. The predicted octanol–water partition coefficient (Wildman–Crippen LogP) is 2.04. The van der Waals surface area contributed by atoms with Crippen LogP contribution >= 0.6 is 0 Å². The van der Waals surface area contributed by atoms with E-state index in [1.165, 1.54) is 0 Å². The third-order valence-corrected chi connectivity index (χ3v) is 3.41. The molecule has 2 rings (SSSR count). The van der Waals surface area contributed by atoms with Crippen molar-refractivity contribution in [3.8, 4) is 17.6 Å². The Labute approximate surface area is 108 Å². The van der Waals surface area contributed by atoms with Gasteiger partial charge in [0.25, 0.3) is 0 Å². The SMILES string of the molecule is COc1cc([C@H]2CCCNC2)c(OC)cc1C#N. The number of nitrogens with one attached hydrogen (secondary N) is 1. The van der Waals surface area contributed by atoms with Crippen LogP contribution in [0.2, 0.25) is 0 Å². The second-order valence-electron chi connectivity index (χ2n) is 4.45. The zero-order valence-electron chi connectivity index (χ0n) is 10.8. The first-order chi connectivity index (χ1) is 8.80. The summed E-state index contributed by atoms with van der Waals surface area (Å²) in [5.74, 6) is 1.83. The zero-order valence-corrected chi connectivity index (χ0v) is 10.8. The highest BCUT2D eigenvalue weighted by molar-refractivity contribution is 5.53. The molecule has 1 aromatic carbocycles. The fourth-order valence-corrected chi connectivity index (χ4v) is 2.45. The molecule has 0 aliphatic carbocycles. The summed E-state index contributed by atoms with van der Waals surface area (Å²) in [5, 5.41) is 12.5. The number of benzene rings is 1. The van der Waals surface area contributed by atoms with Crippen LogP contribution in [0.15, 0.2) is 12.1 Å². The van der Waals surface area contributed by atoms with Gasteiger partial charge in [-0.3, -0.25) is 0 Å². The van der Waals surface area contributed by atoms with Gasteiger partial charge < -0.3 is 14.8 Å². The third-order valence-electron chi connectivity index (χ3n) is 3.41. The molecule has 96 valence electrons. The number of ether oxygens (including phenoxy) is 2. The molecular weight excluding hydrogens is 228 g/mol. The molecule has 0 amide bonds. The Kier molecular flexibility index (Phi) is 4.06. The molecule has 0 saturated carbocycles. The number of nitrogens with zero attached hydrogens (tertiary/aromatic N) is 1. The van der Waals surface area contributed by atoms with E-state index in [0.717, 1.165) is 37.2 Å². The molecule has 1 saturated heterocycles. The maximum absolute atomic E-state index is 9.07. The lowest BCUT2D eigenvalue weighted by Gasteiger charge is -2.25. The Morgan fingerprint density at radius 2 is 2.06 bits per heavy atom.